The molecule has 7 heteroatoms. The second kappa shape index (κ2) is 9.83. The zero-order chi connectivity index (χ0) is 18.8. The van der Waals surface area contributed by atoms with Crippen molar-refractivity contribution in [1.82, 2.24) is 10.9 Å². The summed E-state index contributed by atoms with van der Waals surface area (Å²) in [5.41, 5.74) is 5.79. The van der Waals surface area contributed by atoms with Crippen molar-refractivity contribution in [2.24, 2.45) is 0 Å². The quantitative estimate of drug-likeness (QED) is 0.582. The first-order valence-electron chi connectivity index (χ1n) is 8.04. The van der Waals surface area contributed by atoms with Gasteiger partial charge in [0.15, 0.2) is 6.61 Å². The van der Waals surface area contributed by atoms with Crippen LogP contribution in [0.15, 0.2) is 54.6 Å². The Balaban J connectivity index is 1.62. The van der Waals surface area contributed by atoms with E-state index in [0.29, 0.717) is 11.3 Å². The molecule has 0 atom stereocenters. The number of aryl methyl sites for hydroxylation is 1. The number of benzene rings is 2. The van der Waals surface area contributed by atoms with Crippen molar-refractivity contribution in [1.29, 1.82) is 0 Å². The first kappa shape index (κ1) is 19.0. The smallest absolute Gasteiger partial charge is 0.309 e. The van der Waals surface area contributed by atoms with Crippen molar-refractivity contribution in [3.8, 4) is 5.75 Å². The third-order valence-electron chi connectivity index (χ3n) is 3.37. The van der Waals surface area contributed by atoms with Crippen molar-refractivity contribution in [3.63, 3.8) is 0 Å². The van der Waals surface area contributed by atoms with Crippen molar-refractivity contribution in [2.45, 2.75) is 13.3 Å². The maximum absolute atomic E-state index is 11.7. The van der Waals surface area contributed by atoms with Crippen molar-refractivity contribution in [2.75, 3.05) is 13.2 Å². The first-order chi connectivity index (χ1) is 12.6. The number of hydrazine groups is 1. The van der Waals surface area contributed by atoms with E-state index in [4.69, 9.17) is 9.47 Å². The number of ether oxygens (including phenoxy) is 2. The summed E-state index contributed by atoms with van der Waals surface area (Å²) in [5, 5.41) is 0. The van der Waals surface area contributed by atoms with Gasteiger partial charge in [-0.1, -0.05) is 36.4 Å². The number of hydrogen-bond acceptors (Lipinski definition) is 5. The molecule has 0 unspecified atom stereocenters. The molecule has 0 fully saturated rings. The number of nitrogens with one attached hydrogen (secondary N) is 2. The summed E-state index contributed by atoms with van der Waals surface area (Å²) in [5.74, 6) is -0.968. The summed E-state index contributed by atoms with van der Waals surface area (Å²) >= 11 is 0. The molecule has 0 saturated carbocycles. The SMILES string of the molecule is Cc1ccccc1OCCC(=O)OCC(=O)NNC(=O)c1ccccc1. The fourth-order valence-corrected chi connectivity index (χ4v) is 2.01. The van der Waals surface area contributed by atoms with Gasteiger partial charge in [0, 0.05) is 5.56 Å². The summed E-state index contributed by atoms with van der Waals surface area (Å²) in [7, 11) is 0. The molecule has 0 saturated heterocycles. The molecule has 0 aliphatic heterocycles. The highest BCUT2D eigenvalue weighted by molar-refractivity contribution is 5.95. The number of amides is 2. The van der Waals surface area contributed by atoms with Crippen LogP contribution in [0, 0.1) is 6.92 Å². The summed E-state index contributed by atoms with van der Waals surface area (Å²) in [6, 6.07) is 15.9. The van der Waals surface area contributed by atoms with Gasteiger partial charge in [-0.3, -0.25) is 25.2 Å². The van der Waals surface area contributed by atoms with Gasteiger partial charge in [0.05, 0.1) is 13.0 Å². The van der Waals surface area contributed by atoms with Crippen LogP contribution in [-0.4, -0.2) is 31.0 Å². The Bertz CT molecular complexity index is 762. The predicted octanol–water partition coefficient (Wildman–Crippen LogP) is 1.77. The lowest BCUT2D eigenvalue weighted by Crippen LogP contribution is -2.43. The highest BCUT2D eigenvalue weighted by Gasteiger charge is 2.10. The minimum Gasteiger partial charge on any atom is -0.493 e. The molecule has 26 heavy (non-hydrogen) atoms. The number of carbonyl (C=O) groups is 3. The molecule has 0 aliphatic rings. The van der Waals surface area contributed by atoms with Gasteiger partial charge in [0.1, 0.15) is 5.75 Å². The van der Waals surface area contributed by atoms with Crippen LogP contribution in [0.2, 0.25) is 0 Å². The number of hydrogen-bond donors (Lipinski definition) is 2. The standard InChI is InChI=1S/C19H20N2O5/c1-14-7-5-6-10-16(14)25-12-11-18(23)26-13-17(22)20-21-19(24)15-8-3-2-4-9-15/h2-10H,11-13H2,1H3,(H,20,22)(H,21,24). The second-order valence-electron chi connectivity index (χ2n) is 5.39. The third kappa shape index (κ3) is 6.27. The van der Waals surface area contributed by atoms with Crippen LogP contribution in [0.25, 0.3) is 0 Å². The number of carbonyl (C=O) groups excluding carboxylic acids is 3. The number of esters is 1. The Morgan fingerprint density at radius 2 is 1.62 bits per heavy atom. The molecule has 0 bridgehead atoms. The highest BCUT2D eigenvalue weighted by Crippen LogP contribution is 2.16. The fourth-order valence-electron chi connectivity index (χ4n) is 2.01. The molecule has 0 aliphatic carbocycles. The molecule has 2 N–H and O–H groups in total. The van der Waals surface area contributed by atoms with Crippen LogP contribution >= 0.6 is 0 Å². The summed E-state index contributed by atoms with van der Waals surface area (Å²) < 4.78 is 10.3. The Morgan fingerprint density at radius 3 is 2.35 bits per heavy atom. The van der Waals surface area contributed by atoms with Crippen LogP contribution in [0.3, 0.4) is 0 Å². The summed E-state index contributed by atoms with van der Waals surface area (Å²) in [6.45, 7) is 1.57. The Labute approximate surface area is 151 Å². The minimum atomic E-state index is -0.637. The monoisotopic (exact) mass is 356 g/mol. The van der Waals surface area contributed by atoms with Crippen molar-refractivity contribution in [3.05, 3.63) is 65.7 Å². The molecule has 2 aromatic carbocycles. The van der Waals surface area contributed by atoms with Gasteiger partial charge < -0.3 is 9.47 Å². The van der Waals surface area contributed by atoms with Crippen molar-refractivity contribution < 1.29 is 23.9 Å². The summed E-state index contributed by atoms with van der Waals surface area (Å²) in [4.78, 5) is 34.9. The van der Waals surface area contributed by atoms with E-state index in [9.17, 15) is 14.4 Å². The molecular weight excluding hydrogens is 336 g/mol. The second-order valence-corrected chi connectivity index (χ2v) is 5.39. The zero-order valence-corrected chi connectivity index (χ0v) is 14.4. The maximum atomic E-state index is 11.7. The number of rotatable bonds is 7. The molecule has 2 amide bonds. The van der Waals surface area contributed by atoms with Gasteiger partial charge >= 0.3 is 5.97 Å². The molecule has 0 spiro atoms. The average Bonchev–Trinajstić information content (AvgIpc) is 2.66. The van der Waals surface area contributed by atoms with Crippen LogP contribution in [0.5, 0.6) is 5.75 Å². The fraction of sp³-hybridized carbons (Fsp3) is 0.211. The zero-order valence-electron chi connectivity index (χ0n) is 14.4. The van der Waals surface area contributed by atoms with Gasteiger partial charge in [-0.2, -0.15) is 0 Å². The molecule has 2 rings (SSSR count). The van der Waals surface area contributed by atoms with E-state index >= 15 is 0 Å². The molecular formula is C19H20N2O5. The van der Waals surface area contributed by atoms with E-state index in [-0.39, 0.29) is 13.0 Å². The molecule has 0 heterocycles. The van der Waals surface area contributed by atoms with Gasteiger partial charge in [0.2, 0.25) is 0 Å². The molecule has 2 aromatic rings. The molecule has 0 radical (unpaired) electrons. The Morgan fingerprint density at radius 1 is 0.923 bits per heavy atom. The van der Waals surface area contributed by atoms with Crippen LogP contribution in [0.1, 0.15) is 22.3 Å². The van der Waals surface area contributed by atoms with Gasteiger partial charge in [-0.25, -0.2) is 0 Å². The maximum Gasteiger partial charge on any atom is 0.309 e. The van der Waals surface area contributed by atoms with E-state index in [1.165, 1.54) is 0 Å². The van der Waals surface area contributed by atoms with E-state index in [2.05, 4.69) is 10.9 Å². The van der Waals surface area contributed by atoms with Gasteiger partial charge in [-0.05, 0) is 30.7 Å². The predicted molar refractivity (Wildman–Crippen MR) is 94.3 cm³/mol. The lowest BCUT2D eigenvalue weighted by Gasteiger charge is -2.09. The lowest BCUT2D eigenvalue weighted by atomic mass is 10.2. The summed E-state index contributed by atoms with van der Waals surface area (Å²) in [6.07, 6.45) is 0.0119. The molecule has 7 nitrogen and oxygen atoms in total. The van der Waals surface area contributed by atoms with Gasteiger partial charge in [-0.15, -0.1) is 0 Å². The topological polar surface area (TPSA) is 93.7 Å². The van der Waals surface area contributed by atoms with Crippen molar-refractivity contribution >= 4 is 17.8 Å². The van der Waals surface area contributed by atoms with Crippen LogP contribution in [0.4, 0.5) is 0 Å². The van der Waals surface area contributed by atoms with E-state index in [1.54, 1.807) is 30.3 Å². The van der Waals surface area contributed by atoms with Crippen LogP contribution in [-0.2, 0) is 14.3 Å². The van der Waals surface area contributed by atoms with E-state index in [1.807, 2.05) is 31.2 Å². The third-order valence-corrected chi connectivity index (χ3v) is 3.37. The molecule has 136 valence electrons. The minimum absolute atomic E-state index is 0.0119. The van der Waals surface area contributed by atoms with E-state index in [0.717, 1.165) is 5.56 Å². The average molecular weight is 356 g/mol. The Hall–Kier alpha value is -3.35. The Kier molecular flexibility index (Phi) is 7.17. The normalized spacial score (nSPS) is 9.88. The van der Waals surface area contributed by atoms with Gasteiger partial charge in [0.25, 0.3) is 11.8 Å². The number of para-hydroxylation sites is 1. The van der Waals surface area contributed by atoms with E-state index < -0.39 is 24.4 Å². The highest BCUT2D eigenvalue weighted by atomic mass is 16.5. The molecule has 0 aromatic heterocycles. The largest absolute Gasteiger partial charge is 0.493 e. The lowest BCUT2D eigenvalue weighted by molar-refractivity contribution is -0.149. The van der Waals surface area contributed by atoms with Crippen LogP contribution < -0.4 is 15.6 Å². The first-order valence-corrected chi connectivity index (χ1v) is 8.04.